The van der Waals surface area contributed by atoms with Crippen LogP contribution in [0.5, 0.6) is 0 Å². The largest absolute Gasteiger partial charge is 0.318 e. The Labute approximate surface area is 158 Å². The van der Waals surface area contributed by atoms with Gasteiger partial charge in [-0.25, -0.2) is 9.82 Å². The Morgan fingerprint density at radius 2 is 1.81 bits per heavy atom. The zero-order chi connectivity index (χ0) is 19.6. The molecule has 0 aliphatic rings. The summed E-state index contributed by atoms with van der Waals surface area (Å²) in [7, 11) is 0. The maximum Gasteiger partial charge on any atom is 0.271 e. The third-order valence-corrected chi connectivity index (χ3v) is 4.68. The molecule has 1 heterocycles. The van der Waals surface area contributed by atoms with Crippen LogP contribution in [0.1, 0.15) is 38.4 Å². The third-order valence-electron chi connectivity index (χ3n) is 4.68. The van der Waals surface area contributed by atoms with Crippen LogP contribution in [0, 0.1) is 33.5 Å². The van der Waals surface area contributed by atoms with Crippen LogP contribution >= 0.6 is 0 Å². The van der Waals surface area contributed by atoms with Crippen molar-refractivity contribution >= 4 is 12.1 Å². The average molecular weight is 363 g/mol. The van der Waals surface area contributed by atoms with E-state index in [1.54, 1.807) is 12.3 Å². The van der Waals surface area contributed by atoms with Crippen molar-refractivity contribution < 1.29 is 9.18 Å². The standard InChI is InChI=1S/C22H22FN3O/c1-14-8-9-21(10-15(14)2)26-16(3)11-19(17(26)4)13-24-25-22(27)18-6-5-7-20(23)12-18/h5-13H,1-4H3,(H,25,27)/b24-13-. The second kappa shape index (κ2) is 7.58. The van der Waals surface area contributed by atoms with Gasteiger partial charge in [-0.15, -0.1) is 0 Å². The molecular weight excluding hydrogens is 341 g/mol. The van der Waals surface area contributed by atoms with E-state index in [4.69, 9.17) is 0 Å². The lowest BCUT2D eigenvalue weighted by Gasteiger charge is -2.11. The SMILES string of the molecule is Cc1ccc(-n2c(C)cc(/C=N\NC(=O)c3cccc(F)c3)c2C)cc1C. The molecule has 0 saturated heterocycles. The van der Waals surface area contributed by atoms with Crippen molar-refractivity contribution in [1.29, 1.82) is 0 Å². The summed E-state index contributed by atoms with van der Waals surface area (Å²) in [5, 5.41) is 4.03. The van der Waals surface area contributed by atoms with E-state index in [9.17, 15) is 9.18 Å². The molecule has 0 aliphatic carbocycles. The number of hydrazone groups is 1. The number of hydrogen-bond donors (Lipinski definition) is 1. The second-order valence-corrected chi connectivity index (χ2v) is 6.64. The van der Waals surface area contributed by atoms with Gasteiger partial charge in [0, 0.05) is 28.2 Å². The van der Waals surface area contributed by atoms with Crippen molar-refractivity contribution in [3.63, 3.8) is 0 Å². The van der Waals surface area contributed by atoms with E-state index in [0.717, 1.165) is 22.6 Å². The highest BCUT2D eigenvalue weighted by atomic mass is 19.1. The van der Waals surface area contributed by atoms with Crippen LogP contribution in [0.25, 0.3) is 5.69 Å². The molecule has 1 N–H and O–H groups in total. The maximum absolute atomic E-state index is 13.2. The van der Waals surface area contributed by atoms with Crippen molar-refractivity contribution in [2.75, 3.05) is 0 Å². The molecule has 0 aliphatic heterocycles. The van der Waals surface area contributed by atoms with Crippen LogP contribution in [0.3, 0.4) is 0 Å². The molecule has 1 aromatic heterocycles. The minimum atomic E-state index is -0.455. The number of carbonyl (C=O) groups is 1. The first-order chi connectivity index (χ1) is 12.9. The molecule has 0 fully saturated rings. The van der Waals surface area contributed by atoms with Gasteiger partial charge in [0.15, 0.2) is 0 Å². The first-order valence-corrected chi connectivity index (χ1v) is 8.72. The van der Waals surface area contributed by atoms with Gasteiger partial charge >= 0.3 is 0 Å². The molecule has 2 aromatic carbocycles. The fourth-order valence-corrected chi connectivity index (χ4v) is 3.04. The Bertz CT molecular complexity index is 1030. The fourth-order valence-electron chi connectivity index (χ4n) is 3.04. The Morgan fingerprint density at radius 1 is 1.04 bits per heavy atom. The highest BCUT2D eigenvalue weighted by Gasteiger charge is 2.10. The highest BCUT2D eigenvalue weighted by Crippen LogP contribution is 2.21. The summed E-state index contributed by atoms with van der Waals surface area (Å²) in [6.07, 6.45) is 1.61. The number of carbonyl (C=O) groups excluding carboxylic acids is 1. The summed E-state index contributed by atoms with van der Waals surface area (Å²) in [6.45, 7) is 8.23. The average Bonchev–Trinajstić information content (AvgIpc) is 2.91. The molecule has 4 nitrogen and oxygen atoms in total. The molecule has 27 heavy (non-hydrogen) atoms. The highest BCUT2D eigenvalue weighted by molar-refractivity contribution is 5.95. The third kappa shape index (κ3) is 3.97. The topological polar surface area (TPSA) is 46.4 Å². The van der Waals surface area contributed by atoms with Gasteiger partial charge in [0.2, 0.25) is 0 Å². The Kier molecular flexibility index (Phi) is 5.21. The molecule has 0 radical (unpaired) electrons. The number of nitrogens with one attached hydrogen (secondary N) is 1. The Morgan fingerprint density at radius 3 is 2.52 bits per heavy atom. The minimum Gasteiger partial charge on any atom is -0.318 e. The van der Waals surface area contributed by atoms with E-state index in [1.807, 2.05) is 19.9 Å². The predicted molar refractivity (Wildman–Crippen MR) is 106 cm³/mol. The smallest absolute Gasteiger partial charge is 0.271 e. The summed E-state index contributed by atoms with van der Waals surface area (Å²) in [6, 6.07) is 13.9. The Balaban J connectivity index is 1.81. The van der Waals surface area contributed by atoms with Gasteiger partial charge in [-0.05, 0) is 75.2 Å². The van der Waals surface area contributed by atoms with Crippen LogP contribution in [0.15, 0.2) is 53.6 Å². The molecule has 0 unspecified atom stereocenters. The van der Waals surface area contributed by atoms with Crippen LogP contribution in [-0.4, -0.2) is 16.7 Å². The van der Waals surface area contributed by atoms with Gasteiger partial charge in [-0.2, -0.15) is 5.10 Å². The number of amides is 1. The van der Waals surface area contributed by atoms with Crippen LogP contribution in [0.4, 0.5) is 4.39 Å². The molecule has 1 amide bonds. The minimum absolute atomic E-state index is 0.229. The molecule has 0 saturated carbocycles. The summed E-state index contributed by atoms with van der Waals surface area (Å²) in [4.78, 5) is 12.0. The second-order valence-electron chi connectivity index (χ2n) is 6.64. The van der Waals surface area contributed by atoms with E-state index in [0.29, 0.717) is 0 Å². The quantitative estimate of drug-likeness (QED) is 0.534. The van der Waals surface area contributed by atoms with E-state index in [1.165, 1.54) is 29.3 Å². The number of halogens is 1. The fraction of sp³-hybridized carbons (Fsp3) is 0.182. The summed E-state index contributed by atoms with van der Waals surface area (Å²) >= 11 is 0. The van der Waals surface area contributed by atoms with E-state index in [-0.39, 0.29) is 5.56 Å². The van der Waals surface area contributed by atoms with Gasteiger partial charge in [0.05, 0.1) is 6.21 Å². The van der Waals surface area contributed by atoms with Crippen LogP contribution in [0.2, 0.25) is 0 Å². The summed E-state index contributed by atoms with van der Waals surface area (Å²) in [5.74, 6) is -0.905. The molecular formula is C22H22FN3O. The normalized spacial score (nSPS) is 11.1. The zero-order valence-corrected chi connectivity index (χ0v) is 15.9. The van der Waals surface area contributed by atoms with Gasteiger partial charge in [-0.3, -0.25) is 4.79 Å². The number of hydrogen-bond acceptors (Lipinski definition) is 2. The predicted octanol–water partition coefficient (Wildman–Crippen LogP) is 4.61. The van der Waals surface area contributed by atoms with Crippen LogP contribution < -0.4 is 5.43 Å². The molecule has 3 rings (SSSR count). The lowest BCUT2D eigenvalue weighted by molar-refractivity contribution is 0.0954. The first-order valence-electron chi connectivity index (χ1n) is 8.72. The van der Waals surface area contributed by atoms with Gasteiger partial charge in [-0.1, -0.05) is 12.1 Å². The van der Waals surface area contributed by atoms with Crippen molar-refractivity contribution in [2.24, 2.45) is 5.10 Å². The number of aryl methyl sites for hydroxylation is 3. The molecule has 0 spiro atoms. The summed E-state index contributed by atoms with van der Waals surface area (Å²) < 4.78 is 15.4. The molecule has 138 valence electrons. The van der Waals surface area contributed by atoms with Crippen molar-refractivity contribution in [1.82, 2.24) is 9.99 Å². The number of rotatable bonds is 4. The summed E-state index contributed by atoms with van der Waals surface area (Å²) in [5.41, 5.74) is 9.26. The zero-order valence-electron chi connectivity index (χ0n) is 15.9. The van der Waals surface area contributed by atoms with Gasteiger partial charge in [0.1, 0.15) is 5.82 Å². The number of benzene rings is 2. The van der Waals surface area contributed by atoms with Crippen molar-refractivity contribution in [3.8, 4) is 5.69 Å². The monoisotopic (exact) mass is 363 g/mol. The lowest BCUT2D eigenvalue weighted by atomic mass is 10.1. The maximum atomic E-state index is 13.2. The first kappa shape index (κ1) is 18.6. The lowest BCUT2D eigenvalue weighted by Crippen LogP contribution is -2.17. The Hall–Kier alpha value is -3.21. The number of nitrogens with zero attached hydrogens (tertiary/aromatic N) is 2. The van der Waals surface area contributed by atoms with Gasteiger partial charge < -0.3 is 4.57 Å². The van der Waals surface area contributed by atoms with Gasteiger partial charge in [0.25, 0.3) is 5.91 Å². The number of aromatic nitrogens is 1. The van der Waals surface area contributed by atoms with E-state index >= 15 is 0 Å². The molecule has 0 atom stereocenters. The van der Waals surface area contributed by atoms with Crippen molar-refractivity contribution in [2.45, 2.75) is 27.7 Å². The van der Waals surface area contributed by atoms with Crippen LogP contribution in [-0.2, 0) is 0 Å². The molecule has 5 heteroatoms. The molecule has 3 aromatic rings. The van der Waals surface area contributed by atoms with Crippen molar-refractivity contribution in [3.05, 3.63) is 88.0 Å². The van der Waals surface area contributed by atoms with E-state index < -0.39 is 11.7 Å². The van der Waals surface area contributed by atoms with E-state index in [2.05, 4.69) is 47.1 Å². The molecule has 0 bridgehead atoms.